The lowest BCUT2D eigenvalue weighted by atomic mass is 10.0. The van der Waals surface area contributed by atoms with E-state index in [1.807, 2.05) is 60.0 Å². The number of hydrogen-bond acceptors (Lipinski definition) is 4. The Kier molecular flexibility index (Phi) is 6.30. The van der Waals surface area contributed by atoms with Crippen molar-refractivity contribution in [1.82, 2.24) is 16.2 Å². The summed E-state index contributed by atoms with van der Waals surface area (Å²) in [5, 5.41) is 6.54. The number of hydrazine groups is 1. The minimum absolute atomic E-state index is 0.0297. The molecule has 27 heavy (non-hydrogen) atoms. The van der Waals surface area contributed by atoms with Crippen molar-refractivity contribution in [2.45, 2.75) is 6.42 Å². The van der Waals surface area contributed by atoms with E-state index < -0.39 is 0 Å². The van der Waals surface area contributed by atoms with Gasteiger partial charge in [-0.25, -0.2) is 0 Å². The fraction of sp³-hybridized carbons (Fsp3) is 0.0500. The van der Waals surface area contributed by atoms with Crippen LogP contribution in [0.4, 0.5) is 0 Å². The standard InChI is InChI=1S/C20H17N3O2S2/c24-18(11-10-16-8-4-12-27-16)21-20(26)23-22-19(25)13-15-7-3-6-14-5-1-2-9-17(14)15/h1-12H,13H2,(H,22,25)(H2,21,23,24,26)/b11-10+. The summed E-state index contributed by atoms with van der Waals surface area (Å²) >= 11 is 6.54. The smallest absolute Gasteiger partial charge is 0.250 e. The third-order valence-corrected chi connectivity index (χ3v) is 4.77. The molecule has 5 nitrogen and oxygen atoms in total. The number of carbonyl (C=O) groups is 2. The molecule has 0 atom stereocenters. The molecular formula is C20H17N3O2S2. The van der Waals surface area contributed by atoms with Gasteiger partial charge >= 0.3 is 0 Å². The molecule has 0 aliphatic heterocycles. The predicted molar refractivity (Wildman–Crippen MR) is 113 cm³/mol. The van der Waals surface area contributed by atoms with E-state index in [1.165, 1.54) is 17.4 Å². The third-order valence-electron chi connectivity index (χ3n) is 3.73. The normalized spacial score (nSPS) is 10.7. The van der Waals surface area contributed by atoms with E-state index in [2.05, 4.69) is 16.2 Å². The Labute approximate surface area is 166 Å². The molecule has 0 unspecified atom stereocenters. The van der Waals surface area contributed by atoms with Gasteiger partial charge in [-0.15, -0.1) is 11.3 Å². The Morgan fingerprint density at radius 3 is 2.63 bits per heavy atom. The highest BCUT2D eigenvalue weighted by Crippen LogP contribution is 2.18. The molecule has 136 valence electrons. The highest BCUT2D eigenvalue weighted by atomic mass is 32.1. The maximum absolute atomic E-state index is 12.2. The van der Waals surface area contributed by atoms with Crippen LogP contribution in [0, 0.1) is 0 Å². The molecule has 0 saturated heterocycles. The highest BCUT2D eigenvalue weighted by Gasteiger charge is 2.08. The fourth-order valence-electron chi connectivity index (χ4n) is 2.52. The number of nitrogens with one attached hydrogen (secondary N) is 3. The van der Waals surface area contributed by atoms with Gasteiger partial charge in [0.1, 0.15) is 0 Å². The molecule has 1 heterocycles. The van der Waals surface area contributed by atoms with E-state index in [4.69, 9.17) is 12.2 Å². The second-order valence-corrected chi connectivity index (χ2v) is 7.04. The topological polar surface area (TPSA) is 70.2 Å². The van der Waals surface area contributed by atoms with Crippen LogP contribution in [0.15, 0.2) is 66.1 Å². The number of rotatable bonds is 4. The molecule has 0 saturated carbocycles. The molecule has 1 aromatic heterocycles. The third kappa shape index (κ3) is 5.47. The lowest BCUT2D eigenvalue weighted by Gasteiger charge is -2.11. The van der Waals surface area contributed by atoms with Gasteiger partial charge in [0.15, 0.2) is 5.11 Å². The van der Waals surface area contributed by atoms with Crippen molar-refractivity contribution < 1.29 is 9.59 Å². The molecule has 7 heteroatoms. The Morgan fingerprint density at radius 2 is 1.81 bits per heavy atom. The monoisotopic (exact) mass is 395 g/mol. The molecule has 3 N–H and O–H groups in total. The van der Waals surface area contributed by atoms with Crippen molar-refractivity contribution in [2.75, 3.05) is 0 Å². The van der Waals surface area contributed by atoms with E-state index in [0.29, 0.717) is 0 Å². The predicted octanol–water partition coefficient (Wildman–Crippen LogP) is 3.18. The SMILES string of the molecule is O=C(/C=C/c1cccs1)NC(=S)NNC(=O)Cc1cccc2ccccc12. The molecule has 2 amide bonds. The first-order chi connectivity index (χ1) is 13.1. The molecule has 0 radical (unpaired) electrons. The lowest BCUT2D eigenvalue weighted by Crippen LogP contribution is -2.48. The van der Waals surface area contributed by atoms with Gasteiger partial charge in [-0.05, 0) is 46.1 Å². The number of benzene rings is 2. The minimum atomic E-state index is -0.371. The molecule has 2 aromatic carbocycles. The van der Waals surface area contributed by atoms with Crippen LogP contribution in [0.1, 0.15) is 10.4 Å². The van der Waals surface area contributed by atoms with Crippen LogP contribution in [0.25, 0.3) is 16.8 Å². The zero-order chi connectivity index (χ0) is 19.1. The van der Waals surface area contributed by atoms with Gasteiger partial charge in [0.25, 0.3) is 0 Å². The zero-order valence-electron chi connectivity index (χ0n) is 14.3. The minimum Gasteiger partial charge on any atom is -0.298 e. The van der Waals surface area contributed by atoms with Crippen molar-refractivity contribution in [2.24, 2.45) is 0 Å². The highest BCUT2D eigenvalue weighted by molar-refractivity contribution is 7.80. The summed E-state index contributed by atoms with van der Waals surface area (Å²) in [4.78, 5) is 24.9. The van der Waals surface area contributed by atoms with Crippen LogP contribution in [-0.2, 0) is 16.0 Å². The van der Waals surface area contributed by atoms with Crippen LogP contribution < -0.4 is 16.2 Å². The largest absolute Gasteiger partial charge is 0.298 e. The zero-order valence-corrected chi connectivity index (χ0v) is 15.9. The van der Waals surface area contributed by atoms with E-state index in [9.17, 15) is 9.59 Å². The first-order valence-electron chi connectivity index (χ1n) is 8.20. The quantitative estimate of drug-likeness (QED) is 0.361. The summed E-state index contributed by atoms with van der Waals surface area (Å²) in [7, 11) is 0. The van der Waals surface area contributed by atoms with Gasteiger partial charge in [-0.2, -0.15) is 0 Å². The maximum Gasteiger partial charge on any atom is 0.250 e. The number of carbonyl (C=O) groups excluding carboxylic acids is 2. The average molecular weight is 396 g/mol. The first-order valence-corrected chi connectivity index (χ1v) is 9.48. The molecule has 0 spiro atoms. The number of thiophene rings is 1. The van der Waals surface area contributed by atoms with Crippen molar-refractivity contribution in [1.29, 1.82) is 0 Å². The first kappa shape index (κ1) is 18.8. The lowest BCUT2D eigenvalue weighted by molar-refractivity contribution is -0.121. The Morgan fingerprint density at radius 1 is 1.00 bits per heavy atom. The van der Waals surface area contributed by atoms with Crippen LogP contribution in [0.2, 0.25) is 0 Å². The average Bonchev–Trinajstić information content (AvgIpc) is 3.19. The number of thiocarbonyl (C=S) groups is 1. The summed E-state index contributed by atoms with van der Waals surface area (Å²) in [5.74, 6) is -0.624. The Bertz CT molecular complexity index is 992. The van der Waals surface area contributed by atoms with E-state index in [0.717, 1.165) is 21.2 Å². The van der Waals surface area contributed by atoms with Crippen molar-refractivity contribution in [3.63, 3.8) is 0 Å². The van der Waals surface area contributed by atoms with Crippen molar-refractivity contribution in [3.8, 4) is 0 Å². The van der Waals surface area contributed by atoms with Crippen LogP contribution in [0.5, 0.6) is 0 Å². The Balaban J connectivity index is 1.48. The number of fused-ring (bicyclic) bond motifs is 1. The van der Waals surface area contributed by atoms with E-state index in [1.54, 1.807) is 6.08 Å². The van der Waals surface area contributed by atoms with E-state index in [-0.39, 0.29) is 23.3 Å². The summed E-state index contributed by atoms with van der Waals surface area (Å²) < 4.78 is 0. The molecule has 3 rings (SSSR count). The van der Waals surface area contributed by atoms with Gasteiger partial charge in [-0.1, -0.05) is 48.5 Å². The summed E-state index contributed by atoms with van der Waals surface area (Å²) in [6.07, 6.45) is 3.28. The number of hydrogen-bond donors (Lipinski definition) is 3. The van der Waals surface area contributed by atoms with Gasteiger partial charge < -0.3 is 0 Å². The number of amides is 2. The van der Waals surface area contributed by atoms with Gasteiger partial charge in [0, 0.05) is 11.0 Å². The maximum atomic E-state index is 12.2. The molecule has 0 aliphatic carbocycles. The summed E-state index contributed by atoms with van der Waals surface area (Å²) in [6, 6.07) is 17.5. The molecule has 3 aromatic rings. The molecule has 0 aliphatic rings. The summed E-state index contributed by atoms with van der Waals surface area (Å²) in [6.45, 7) is 0. The van der Waals surface area contributed by atoms with Crippen LogP contribution in [0.3, 0.4) is 0 Å². The van der Waals surface area contributed by atoms with Crippen molar-refractivity contribution in [3.05, 3.63) is 76.5 Å². The second kappa shape index (κ2) is 9.07. The van der Waals surface area contributed by atoms with Gasteiger partial charge in [0.2, 0.25) is 11.8 Å². The second-order valence-electron chi connectivity index (χ2n) is 5.66. The van der Waals surface area contributed by atoms with Crippen molar-refractivity contribution >= 4 is 57.3 Å². The van der Waals surface area contributed by atoms with Gasteiger partial charge in [-0.3, -0.25) is 25.8 Å². The Hall–Kier alpha value is -3.03. The van der Waals surface area contributed by atoms with Gasteiger partial charge in [0.05, 0.1) is 6.42 Å². The van der Waals surface area contributed by atoms with E-state index >= 15 is 0 Å². The fourth-order valence-corrected chi connectivity index (χ4v) is 3.29. The molecule has 0 fully saturated rings. The molecular weight excluding hydrogens is 378 g/mol. The summed E-state index contributed by atoms with van der Waals surface area (Å²) in [5.41, 5.74) is 5.97. The molecule has 0 bridgehead atoms. The van der Waals surface area contributed by atoms with Crippen LogP contribution in [-0.4, -0.2) is 16.9 Å². The van der Waals surface area contributed by atoms with Crippen LogP contribution >= 0.6 is 23.6 Å².